The van der Waals surface area contributed by atoms with Gasteiger partial charge in [-0.2, -0.15) is 0 Å². The van der Waals surface area contributed by atoms with E-state index in [9.17, 15) is 4.79 Å². The number of fused-ring (bicyclic) bond motifs is 1. The van der Waals surface area contributed by atoms with Crippen molar-refractivity contribution in [3.63, 3.8) is 0 Å². The molecule has 3 rings (SSSR count). The predicted octanol–water partition coefficient (Wildman–Crippen LogP) is 5.94. The number of rotatable bonds is 5. The molecule has 25 heavy (non-hydrogen) atoms. The second-order valence-electron chi connectivity index (χ2n) is 5.64. The van der Waals surface area contributed by atoms with Crippen LogP contribution in [0.2, 0.25) is 10.0 Å². The van der Waals surface area contributed by atoms with Gasteiger partial charge in [-0.05, 0) is 47.5 Å². The van der Waals surface area contributed by atoms with Crippen LogP contribution < -0.4 is 10.1 Å². The molecular weight excluding hydrogens is 357 g/mol. The van der Waals surface area contributed by atoms with Crippen molar-refractivity contribution in [2.45, 2.75) is 19.4 Å². The van der Waals surface area contributed by atoms with Crippen LogP contribution in [0.3, 0.4) is 0 Å². The van der Waals surface area contributed by atoms with E-state index < -0.39 is 6.10 Å². The summed E-state index contributed by atoms with van der Waals surface area (Å²) >= 11 is 11.9. The molecule has 5 heteroatoms. The van der Waals surface area contributed by atoms with Gasteiger partial charge in [-0.15, -0.1) is 0 Å². The van der Waals surface area contributed by atoms with Crippen molar-refractivity contribution < 1.29 is 9.53 Å². The van der Waals surface area contributed by atoms with Crippen LogP contribution in [-0.4, -0.2) is 12.0 Å². The average molecular weight is 374 g/mol. The number of anilines is 1. The smallest absolute Gasteiger partial charge is 0.265 e. The Labute approximate surface area is 156 Å². The number of carbonyl (C=O) groups excluding carboxylic acids is 1. The Morgan fingerprint density at radius 1 is 1.00 bits per heavy atom. The van der Waals surface area contributed by atoms with Gasteiger partial charge in [-0.25, -0.2) is 0 Å². The van der Waals surface area contributed by atoms with E-state index in [-0.39, 0.29) is 5.91 Å². The summed E-state index contributed by atoms with van der Waals surface area (Å²) in [5, 5.41) is 5.84. The van der Waals surface area contributed by atoms with Gasteiger partial charge in [-0.3, -0.25) is 4.79 Å². The molecule has 1 N–H and O–H groups in total. The summed E-state index contributed by atoms with van der Waals surface area (Å²) in [5.41, 5.74) is 0.583. The highest BCUT2D eigenvalue weighted by molar-refractivity contribution is 6.42. The lowest BCUT2D eigenvalue weighted by Gasteiger charge is -2.18. The Morgan fingerprint density at radius 3 is 2.48 bits per heavy atom. The molecule has 1 atom stereocenters. The van der Waals surface area contributed by atoms with Crippen LogP contribution in [0.15, 0.2) is 60.7 Å². The standard InChI is InChI=1S/C20H17Cl2NO2/c1-2-19(20(24)23-15-8-10-17(21)18(22)12-15)25-16-9-7-13-5-3-4-6-14(13)11-16/h3-12,19H,2H2,1H3,(H,23,24)/t19-/m0/s1. The SMILES string of the molecule is CC[C@H](Oc1ccc2ccccc2c1)C(=O)Nc1ccc(Cl)c(Cl)c1. The molecule has 0 fully saturated rings. The number of amides is 1. The van der Waals surface area contributed by atoms with Crippen LogP contribution in [0.25, 0.3) is 10.8 Å². The van der Waals surface area contributed by atoms with Crippen molar-refractivity contribution in [2.75, 3.05) is 5.32 Å². The van der Waals surface area contributed by atoms with Crippen LogP contribution in [-0.2, 0) is 4.79 Å². The van der Waals surface area contributed by atoms with Crippen LogP contribution in [0.1, 0.15) is 13.3 Å². The first kappa shape index (κ1) is 17.6. The number of benzene rings is 3. The van der Waals surface area contributed by atoms with Gasteiger partial charge in [0.1, 0.15) is 5.75 Å². The van der Waals surface area contributed by atoms with Crippen molar-refractivity contribution in [1.82, 2.24) is 0 Å². The number of carbonyl (C=O) groups is 1. The van der Waals surface area contributed by atoms with Gasteiger partial charge in [0.2, 0.25) is 0 Å². The highest BCUT2D eigenvalue weighted by atomic mass is 35.5. The third-order valence-corrected chi connectivity index (χ3v) is 4.59. The molecule has 1 amide bonds. The number of ether oxygens (including phenoxy) is 1. The molecule has 0 saturated carbocycles. The van der Waals surface area contributed by atoms with Gasteiger partial charge in [-0.1, -0.05) is 60.5 Å². The monoisotopic (exact) mass is 373 g/mol. The molecule has 0 aliphatic heterocycles. The second kappa shape index (κ2) is 7.77. The lowest BCUT2D eigenvalue weighted by atomic mass is 10.1. The molecule has 3 nitrogen and oxygen atoms in total. The fourth-order valence-electron chi connectivity index (χ4n) is 2.52. The first-order chi connectivity index (χ1) is 12.1. The molecule has 0 spiro atoms. The van der Waals surface area contributed by atoms with Crippen LogP contribution in [0.4, 0.5) is 5.69 Å². The molecule has 0 aliphatic carbocycles. The number of nitrogens with one attached hydrogen (secondary N) is 1. The summed E-state index contributed by atoms with van der Waals surface area (Å²) in [6, 6.07) is 18.8. The largest absolute Gasteiger partial charge is 0.481 e. The Kier molecular flexibility index (Phi) is 5.47. The summed E-state index contributed by atoms with van der Waals surface area (Å²) in [5.74, 6) is 0.434. The first-order valence-corrected chi connectivity index (χ1v) is 8.74. The third kappa shape index (κ3) is 4.25. The van der Waals surface area contributed by atoms with E-state index in [0.29, 0.717) is 27.9 Å². The third-order valence-electron chi connectivity index (χ3n) is 3.85. The molecule has 0 saturated heterocycles. The van der Waals surface area contributed by atoms with Gasteiger partial charge in [0.25, 0.3) is 5.91 Å². The molecule has 0 aliphatic rings. The summed E-state index contributed by atoms with van der Waals surface area (Å²) < 4.78 is 5.89. The number of halogens is 2. The normalized spacial score (nSPS) is 12.0. The summed E-state index contributed by atoms with van der Waals surface area (Å²) in [6.45, 7) is 1.90. The maximum atomic E-state index is 12.5. The second-order valence-corrected chi connectivity index (χ2v) is 6.46. The fraction of sp³-hybridized carbons (Fsp3) is 0.150. The van der Waals surface area contributed by atoms with Gasteiger partial charge < -0.3 is 10.1 Å². The zero-order valence-electron chi connectivity index (χ0n) is 13.6. The topological polar surface area (TPSA) is 38.3 Å². The Hall–Kier alpha value is -2.23. The van der Waals surface area contributed by atoms with E-state index in [1.165, 1.54) is 0 Å². The highest BCUT2D eigenvalue weighted by Crippen LogP contribution is 2.26. The number of hydrogen-bond donors (Lipinski definition) is 1. The van der Waals surface area contributed by atoms with E-state index in [1.807, 2.05) is 49.4 Å². The Bertz CT molecular complexity index is 911. The van der Waals surface area contributed by atoms with E-state index in [4.69, 9.17) is 27.9 Å². The van der Waals surface area contributed by atoms with Gasteiger partial charge in [0.05, 0.1) is 10.0 Å². The molecule has 0 unspecified atom stereocenters. The quantitative estimate of drug-likeness (QED) is 0.600. The maximum absolute atomic E-state index is 12.5. The molecule has 3 aromatic carbocycles. The molecule has 0 aromatic heterocycles. The Morgan fingerprint density at radius 2 is 1.76 bits per heavy atom. The lowest BCUT2D eigenvalue weighted by Crippen LogP contribution is -2.32. The zero-order chi connectivity index (χ0) is 17.8. The first-order valence-electron chi connectivity index (χ1n) is 7.98. The molecule has 3 aromatic rings. The fourth-order valence-corrected chi connectivity index (χ4v) is 2.82. The minimum atomic E-state index is -0.601. The molecule has 128 valence electrons. The van der Waals surface area contributed by atoms with Crippen LogP contribution >= 0.6 is 23.2 Å². The molecule has 0 heterocycles. The van der Waals surface area contributed by atoms with Crippen molar-refractivity contribution in [3.05, 3.63) is 70.7 Å². The summed E-state index contributed by atoms with van der Waals surface area (Å²) in [4.78, 5) is 12.5. The van der Waals surface area contributed by atoms with E-state index in [1.54, 1.807) is 18.2 Å². The molecular formula is C20H17Cl2NO2. The van der Waals surface area contributed by atoms with Crippen molar-refractivity contribution >= 4 is 45.6 Å². The van der Waals surface area contributed by atoms with Gasteiger partial charge >= 0.3 is 0 Å². The van der Waals surface area contributed by atoms with E-state index in [2.05, 4.69) is 5.32 Å². The van der Waals surface area contributed by atoms with Gasteiger partial charge in [0.15, 0.2) is 6.10 Å². The lowest BCUT2D eigenvalue weighted by molar-refractivity contribution is -0.122. The van der Waals surface area contributed by atoms with Crippen LogP contribution in [0.5, 0.6) is 5.75 Å². The minimum Gasteiger partial charge on any atom is -0.481 e. The summed E-state index contributed by atoms with van der Waals surface area (Å²) in [6.07, 6.45) is -0.0596. The van der Waals surface area contributed by atoms with Crippen molar-refractivity contribution in [3.8, 4) is 5.75 Å². The molecule has 0 radical (unpaired) electrons. The molecule has 0 bridgehead atoms. The zero-order valence-corrected chi connectivity index (χ0v) is 15.1. The Balaban J connectivity index is 1.73. The van der Waals surface area contributed by atoms with E-state index >= 15 is 0 Å². The van der Waals surface area contributed by atoms with Crippen LogP contribution in [0, 0.1) is 0 Å². The van der Waals surface area contributed by atoms with E-state index in [0.717, 1.165) is 10.8 Å². The average Bonchev–Trinajstić information content (AvgIpc) is 2.62. The minimum absolute atomic E-state index is 0.228. The predicted molar refractivity (Wildman–Crippen MR) is 104 cm³/mol. The van der Waals surface area contributed by atoms with Crippen molar-refractivity contribution in [2.24, 2.45) is 0 Å². The summed E-state index contributed by atoms with van der Waals surface area (Å²) in [7, 11) is 0. The highest BCUT2D eigenvalue weighted by Gasteiger charge is 2.19. The van der Waals surface area contributed by atoms with Gasteiger partial charge in [0, 0.05) is 5.69 Å². The maximum Gasteiger partial charge on any atom is 0.265 e. The number of hydrogen-bond acceptors (Lipinski definition) is 2. The van der Waals surface area contributed by atoms with Crippen molar-refractivity contribution in [1.29, 1.82) is 0 Å².